The third-order valence-corrected chi connectivity index (χ3v) is 6.33. The number of nitrogens with zero attached hydrogens (tertiary/aromatic N) is 1. The van der Waals surface area contributed by atoms with Crippen LogP contribution >= 0.6 is 11.3 Å². The van der Waals surface area contributed by atoms with Gasteiger partial charge in [-0.15, -0.1) is 11.3 Å². The molecule has 2 aromatic carbocycles. The largest absolute Gasteiger partial charge is 0.481 e. The third-order valence-electron chi connectivity index (χ3n) is 5.57. The summed E-state index contributed by atoms with van der Waals surface area (Å²) in [6, 6.07) is 16.2. The molecule has 0 saturated heterocycles. The molecule has 3 aromatic rings. The number of hydrogen-bond donors (Lipinski definition) is 3. The fraction of sp³-hybridized carbons (Fsp3) is 0.250. The van der Waals surface area contributed by atoms with Crippen molar-refractivity contribution in [2.24, 2.45) is 5.92 Å². The van der Waals surface area contributed by atoms with E-state index in [0.29, 0.717) is 6.42 Å². The number of hydrogen-bond acceptors (Lipinski definition) is 6. The maximum atomic E-state index is 12.4. The van der Waals surface area contributed by atoms with Gasteiger partial charge in [0.15, 0.2) is 5.13 Å². The highest BCUT2D eigenvalue weighted by Gasteiger charge is 2.29. The molecular formula is C24H23N3O5S. The summed E-state index contributed by atoms with van der Waals surface area (Å²) in [7, 11) is 0. The van der Waals surface area contributed by atoms with Crippen molar-refractivity contribution in [1.82, 2.24) is 10.3 Å². The summed E-state index contributed by atoms with van der Waals surface area (Å²) in [5.74, 6) is -1.93. The number of amides is 2. The second-order valence-electron chi connectivity index (χ2n) is 7.77. The number of thiazole rings is 1. The molecule has 9 heteroatoms. The second-order valence-corrected chi connectivity index (χ2v) is 8.63. The van der Waals surface area contributed by atoms with E-state index in [4.69, 9.17) is 9.84 Å². The molecule has 8 nitrogen and oxygen atoms in total. The van der Waals surface area contributed by atoms with E-state index in [1.165, 1.54) is 5.38 Å². The van der Waals surface area contributed by atoms with Gasteiger partial charge in [-0.25, -0.2) is 9.78 Å². The van der Waals surface area contributed by atoms with Gasteiger partial charge in [0.25, 0.3) is 5.91 Å². The lowest BCUT2D eigenvalue weighted by molar-refractivity contribution is -0.141. The molecule has 1 aliphatic carbocycles. The Bertz CT molecular complexity index is 1150. The van der Waals surface area contributed by atoms with Crippen molar-refractivity contribution >= 4 is 34.4 Å². The minimum absolute atomic E-state index is 0.0472. The summed E-state index contributed by atoms with van der Waals surface area (Å²) in [4.78, 5) is 39.5. The Hall–Kier alpha value is -3.72. The van der Waals surface area contributed by atoms with Crippen LogP contribution in [-0.2, 0) is 9.53 Å². The minimum atomic E-state index is -0.910. The lowest BCUT2D eigenvalue weighted by Crippen LogP contribution is -2.27. The van der Waals surface area contributed by atoms with Crippen molar-refractivity contribution in [1.29, 1.82) is 0 Å². The molecular weight excluding hydrogens is 442 g/mol. The maximum absolute atomic E-state index is 12.4. The number of aliphatic carboxylic acids is 1. The predicted molar refractivity (Wildman–Crippen MR) is 125 cm³/mol. The maximum Gasteiger partial charge on any atom is 0.413 e. The monoisotopic (exact) mass is 465 g/mol. The zero-order chi connectivity index (χ0) is 23.4. The Morgan fingerprint density at radius 2 is 1.73 bits per heavy atom. The first kappa shape index (κ1) is 22.5. The van der Waals surface area contributed by atoms with E-state index in [0.717, 1.165) is 33.6 Å². The van der Waals surface area contributed by atoms with Crippen LogP contribution in [0, 0.1) is 5.92 Å². The van der Waals surface area contributed by atoms with Gasteiger partial charge in [0.2, 0.25) is 0 Å². The van der Waals surface area contributed by atoms with E-state index in [2.05, 4.69) is 27.8 Å². The first-order valence-corrected chi connectivity index (χ1v) is 11.4. The number of aromatic nitrogens is 1. The number of fused-ring (bicyclic) bond motifs is 3. The molecule has 0 radical (unpaired) electrons. The summed E-state index contributed by atoms with van der Waals surface area (Å²) in [5.41, 5.74) is 4.69. The summed E-state index contributed by atoms with van der Waals surface area (Å²) in [6.45, 7) is 1.98. The summed E-state index contributed by atoms with van der Waals surface area (Å²) in [6.07, 6.45) is -0.329. The molecule has 1 heterocycles. The highest BCUT2D eigenvalue weighted by Crippen LogP contribution is 2.44. The molecule has 0 spiro atoms. The number of carbonyl (C=O) groups excluding carboxylic acids is 2. The number of rotatable bonds is 8. The Labute approximate surface area is 194 Å². The van der Waals surface area contributed by atoms with Gasteiger partial charge in [-0.1, -0.05) is 55.5 Å². The highest BCUT2D eigenvalue weighted by atomic mass is 32.1. The van der Waals surface area contributed by atoms with Gasteiger partial charge in [0.1, 0.15) is 12.3 Å². The summed E-state index contributed by atoms with van der Waals surface area (Å²) >= 11 is 1.11. The van der Waals surface area contributed by atoms with E-state index in [1.54, 1.807) is 6.92 Å². The van der Waals surface area contributed by atoms with Crippen molar-refractivity contribution in [3.05, 3.63) is 70.7 Å². The molecule has 33 heavy (non-hydrogen) atoms. The molecule has 0 fully saturated rings. The van der Waals surface area contributed by atoms with E-state index in [1.807, 2.05) is 36.4 Å². The minimum Gasteiger partial charge on any atom is -0.481 e. The van der Waals surface area contributed by atoms with Crippen LogP contribution in [0.4, 0.5) is 9.93 Å². The molecule has 0 bridgehead atoms. The number of carboxylic acid groups (broad SMARTS) is 1. The third kappa shape index (κ3) is 5.04. The van der Waals surface area contributed by atoms with Gasteiger partial charge in [-0.2, -0.15) is 0 Å². The van der Waals surface area contributed by atoms with Gasteiger partial charge >= 0.3 is 12.1 Å². The van der Waals surface area contributed by atoms with Crippen LogP contribution in [0.3, 0.4) is 0 Å². The van der Waals surface area contributed by atoms with Crippen molar-refractivity contribution in [3.8, 4) is 11.1 Å². The van der Waals surface area contributed by atoms with Crippen LogP contribution in [0.1, 0.15) is 40.9 Å². The van der Waals surface area contributed by atoms with E-state index in [9.17, 15) is 14.4 Å². The van der Waals surface area contributed by atoms with Crippen molar-refractivity contribution in [2.75, 3.05) is 18.5 Å². The average molecular weight is 466 g/mol. The summed E-state index contributed by atoms with van der Waals surface area (Å²) < 4.78 is 5.49. The zero-order valence-corrected chi connectivity index (χ0v) is 18.7. The summed E-state index contributed by atoms with van der Waals surface area (Å²) in [5, 5.41) is 15.9. The second kappa shape index (κ2) is 9.83. The fourth-order valence-electron chi connectivity index (χ4n) is 3.77. The SMILES string of the molecule is CC(CCNC(=O)c1csc(NC(=O)OCC2c3ccccc3-c3ccccc32)n1)C(=O)O. The Kier molecular flexibility index (Phi) is 6.69. The van der Waals surface area contributed by atoms with Gasteiger partial charge in [0.05, 0.1) is 5.92 Å². The number of anilines is 1. The fourth-order valence-corrected chi connectivity index (χ4v) is 4.45. The number of ether oxygens (including phenoxy) is 1. The van der Waals surface area contributed by atoms with Crippen LogP contribution in [0.25, 0.3) is 11.1 Å². The van der Waals surface area contributed by atoms with Crippen molar-refractivity contribution < 1.29 is 24.2 Å². The first-order chi connectivity index (χ1) is 15.9. The van der Waals surface area contributed by atoms with Gasteiger partial charge in [0, 0.05) is 17.8 Å². The normalized spacial score (nSPS) is 13.0. The van der Waals surface area contributed by atoms with E-state index >= 15 is 0 Å². The quantitative estimate of drug-likeness (QED) is 0.455. The van der Waals surface area contributed by atoms with Crippen molar-refractivity contribution in [2.45, 2.75) is 19.3 Å². The smallest absolute Gasteiger partial charge is 0.413 e. The molecule has 4 rings (SSSR count). The molecule has 1 unspecified atom stereocenters. The van der Waals surface area contributed by atoms with Crippen LogP contribution in [0.2, 0.25) is 0 Å². The van der Waals surface area contributed by atoms with E-state index in [-0.39, 0.29) is 29.9 Å². The Morgan fingerprint density at radius 3 is 2.36 bits per heavy atom. The van der Waals surface area contributed by atoms with E-state index < -0.39 is 23.9 Å². The number of carbonyl (C=O) groups is 3. The van der Waals surface area contributed by atoms with Crippen LogP contribution in [-0.4, -0.2) is 41.2 Å². The van der Waals surface area contributed by atoms with Crippen LogP contribution < -0.4 is 10.6 Å². The van der Waals surface area contributed by atoms with Crippen molar-refractivity contribution in [3.63, 3.8) is 0 Å². The molecule has 1 aromatic heterocycles. The topological polar surface area (TPSA) is 118 Å². The highest BCUT2D eigenvalue weighted by molar-refractivity contribution is 7.14. The lowest BCUT2D eigenvalue weighted by atomic mass is 9.98. The van der Waals surface area contributed by atoms with Gasteiger partial charge in [-0.3, -0.25) is 14.9 Å². The zero-order valence-electron chi connectivity index (χ0n) is 17.9. The standard InChI is InChI=1S/C24H23N3O5S/c1-14(22(29)30)10-11-25-21(28)20-13-33-23(26-20)27-24(31)32-12-19-17-8-4-2-6-15(17)16-7-3-5-9-18(16)19/h2-9,13-14,19H,10-12H2,1H3,(H,25,28)(H,29,30)(H,26,27,31). The Morgan fingerprint density at radius 1 is 1.09 bits per heavy atom. The molecule has 3 N–H and O–H groups in total. The molecule has 170 valence electrons. The molecule has 1 aliphatic rings. The number of nitrogens with one attached hydrogen (secondary N) is 2. The molecule has 0 aliphatic heterocycles. The Balaban J connectivity index is 1.31. The lowest BCUT2D eigenvalue weighted by Gasteiger charge is -2.14. The van der Waals surface area contributed by atoms with Gasteiger partial charge < -0.3 is 15.2 Å². The van der Waals surface area contributed by atoms with Crippen LogP contribution in [0.15, 0.2) is 53.9 Å². The predicted octanol–water partition coefficient (Wildman–Crippen LogP) is 4.34. The molecule has 0 saturated carbocycles. The molecule has 2 amide bonds. The molecule has 1 atom stereocenters. The number of benzene rings is 2. The number of carboxylic acids is 1. The van der Waals surface area contributed by atoms with Crippen LogP contribution in [0.5, 0.6) is 0 Å². The first-order valence-electron chi connectivity index (χ1n) is 10.5. The van der Waals surface area contributed by atoms with Gasteiger partial charge in [-0.05, 0) is 28.7 Å². The average Bonchev–Trinajstić information content (AvgIpc) is 3.40.